The van der Waals surface area contributed by atoms with E-state index in [-0.39, 0.29) is 5.91 Å². The molecule has 0 fully saturated rings. The summed E-state index contributed by atoms with van der Waals surface area (Å²) in [7, 11) is 1.92. The molecule has 0 saturated carbocycles. The molecular formula is C19H17N3O. The van der Waals surface area contributed by atoms with Crippen molar-refractivity contribution in [3.63, 3.8) is 0 Å². The zero-order valence-corrected chi connectivity index (χ0v) is 12.9. The smallest absolute Gasteiger partial charge is 0.251 e. The number of nitrogens with zero attached hydrogens (tertiary/aromatic N) is 2. The van der Waals surface area contributed by atoms with E-state index in [0.717, 1.165) is 28.7 Å². The second-order valence-electron chi connectivity index (χ2n) is 5.90. The van der Waals surface area contributed by atoms with Gasteiger partial charge in [-0.3, -0.25) is 9.48 Å². The highest BCUT2D eigenvalue weighted by Crippen LogP contribution is 2.24. The first-order valence-corrected chi connectivity index (χ1v) is 7.67. The van der Waals surface area contributed by atoms with E-state index in [1.54, 1.807) is 4.68 Å². The molecule has 0 bridgehead atoms. The lowest BCUT2D eigenvalue weighted by Gasteiger charge is -2.08. The Labute approximate surface area is 134 Å². The fourth-order valence-electron chi connectivity index (χ4n) is 3.09. The van der Waals surface area contributed by atoms with Gasteiger partial charge in [-0.05, 0) is 34.7 Å². The minimum absolute atomic E-state index is 0.0359. The molecule has 0 radical (unpaired) electrons. The van der Waals surface area contributed by atoms with E-state index in [9.17, 15) is 4.79 Å². The van der Waals surface area contributed by atoms with Gasteiger partial charge in [0.2, 0.25) is 0 Å². The van der Waals surface area contributed by atoms with Crippen molar-refractivity contribution in [2.75, 3.05) is 0 Å². The lowest BCUT2D eigenvalue weighted by Crippen LogP contribution is -2.12. The summed E-state index contributed by atoms with van der Waals surface area (Å²) >= 11 is 0. The van der Waals surface area contributed by atoms with Crippen LogP contribution < -0.4 is 5.32 Å². The standard InChI is InChI=1S/C19H17N3O/c1-22-12-16(10-21-22)14-7-5-13(6-8-14)9-15-3-2-4-17-18(15)11-20-19(17)23/h2-8,10,12H,9,11H2,1H3,(H,20,23). The lowest BCUT2D eigenvalue weighted by atomic mass is 9.96. The number of nitrogens with one attached hydrogen (secondary N) is 1. The Bertz CT molecular complexity index is 878. The van der Waals surface area contributed by atoms with Crippen molar-refractivity contribution in [2.45, 2.75) is 13.0 Å². The Kier molecular flexibility index (Phi) is 3.23. The molecule has 4 nitrogen and oxygen atoms in total. The Hall–Kier alpha value is -2.88. The highest BCUT2D eigenvalue weighted by molar-refractivity contribution is 5.98. The van der Waals surface area contributed by atoms with Crippen LogP contribution >= 0.6 is 0 Å². The van der Waals surface area contributed by atoms with E-state index in [1.165, 1.54) is 11.1 Å². The normalized spacial score (nSPS) is 13.0. The van der Waals surface area contributed by atoms with Gasteiger partial charge in [-0.2, -0.15) is 5.10 Å². The third kappa shape index (κ3) is 2.52. The van der Waals surface area contributed by atoms with Gasteiger partial charge < -0.3 is 5.32 Å². The van der Waals surface area contributed by atoms with Crippen molar-refractivity contribution in [1.82, 2.24) is 15.1 Å². The summed E-state index contributed by atoms with van der Waals surface area (Å²) in [6.07, 6.45) is 4.72. The summed E-state index contributed by atoms with van der Waals surface area (Å²) in [5, 5.41) is 7.10. The topological polar surface area (TPSA) is 46.9 Å². The Balaban J connectivity index is 1.60. The molecule has 1 aliphatic heterocycles. The molecule has 1 aromatic heterocycles. The average molecular weight is 303 g/mol. The van der Waals surface area contributed by atoms with Crippen molar-refractivity contribution in [1.29, 1.82) is 0 Å². The number of fused-ring (bicyclic) bond motifs is 1. The third-order valence-electron chi connectivity index (χ3n) is 4.33. The van der Waals surface area contributed by atoms with Gasteiger partial charge in [0, 0.05) is 30.9 Å². The van der Waals surface area contributed by atoms with E-state index in [1.807, 2.05) is 31.6 Å². The molecule has 0 saturated heterocycles. The zero-order valence-electron chi connectivity index (χ0n) is 12.9. The summed E-state index contributed by atoms with van der Waals surface area (Å²) in [4.78, 5) is 11.8. The number of hydrogen-bond acceptors (Lipinski definition) is 2. The molecule has 114 valence electrons. The molecule has 2 aromatic carbocycles. The molecule has 0 aliphatic carbocycles. The first kappa shape index (κ1) is 13.8. The maximum absolute atomic E-state index is 11.8. The quantitative estimate of drug-likeness (QED) is 0.808. The molecule has 0 atom stereocenters. The number of benzene rings is 2. The number of carbonyl (C=O) groups excluding carboxylic acids is 1. The van der Waals surface area contributed by atoms with E-state index < -0.39 is 0 Å². The van der Waals surface area contributed by atoms with Gasteiger partial charge in [-0.25, -0.2) is 0 Å². The van der Waals surface area contributed by atoms with Crippen LogP contribution in [0.2, 0.25) is 0 Å². The van der Waals surface area contributed by atoms with Crippen LogP contribution in [0, 0.1) is 0 Å². The monoisotopic (exact) mass is 303 g/mol. The largest absolute Gasteiger partial charge is 0.348 e. The van der Waals surface area contributed by atoms with Gasteiger partial charge in [0.15, 0.2) is 0 Å². The van der Waals surface area contributed by atoms with Gasteiger partial charge in [-0.15, -0.1) is 0 Å². The first-order chi connectivity index (χ1) is 11.2. The highest BCUT2D eigenvalue weighted by Gasteiger charge is 2.20. The lowest BCUT2D eigenvalue weighted by molar-refractivity contribution is 0.0966. The van der Waals surface area contributed by atoms with Crippen LogP contribution in [0.5, 0.6) is 0 Å². The fourth-order valence-corrected chi connectivity index (χ4v) is 3.09. The second kappa shape index (κ2) is 5.39. The van der Waals surface area contributed by atoms with Crippen LogP contribution in [0.25, 0.3) is 11.1 Å². The molecule has 4 heteroatoms. The molecule has 0 spiro atoms. The minimum Gasteiger partial charge on any atom is -0.348 e. The highest BCUT2D eigenvalue weighted by atomic mass is 16.1. The van der Waals surface area contributed by atoms with Crippen LogP contribution in [-0.4, -0.2) is 15.7 Å². The maximum Gasteiger partial charge on any atom is 0.251 e. The zero-order chi connectivity index (χ0) is 15.8. The van der Waals surface area contributed by atoms with Crippen molar-refractivity contribution < 1.29 is 4.79 Å². The molecule has 0 unspecified atom stereocenters. The SMILES string of the molecule is Cn1cc(-c2ccc(Cc3cccc4c3CNC4=O)cc2)cn1. The Morgan fingerprint density at radius 1 is 1.13 bits per heavy atom. The molecule has 1 aliphatic rings. The van der Waals surface area contributed by atoms with Gasteiger partial charge in [0.1, 0.15) is 0 Å². The molecular weight excluding hydrogens is 286 g/mol. The predicted octanol–water partition coefficient (Wildman–Crippen LogP) is 2.92. The number of amides is 1. The van der Waals surface area contributed by atoms with Crippen LogP contribution in [0.15, 0.2) is 54.9 Å². The summed E-state index contributed by atoms with van der Waals surface area (Å²) in [5.41, 5.74) is 6.69. The molecule has 1 N–H and O–H groups in total. The average Bonchev–Trinajstić information content (AvgIpc) is 3.16. The number of carbonyl (C=O) groups is 1. The van der Waals surface area contributed by atoms with E-state index in [2.05, 4.69) is 40.7 Å². The summed E-state index contributed by atoms with van der Waals surface area (Å²) in [6.45, 7) is 0.637. The molecule has 1 amide bonds. The maximum atomic E-state index is 11.8. The van der Waals surface area contributed by atoms with Crippen LogP contribution in [0.3, 0.4) is 0 Å². The summed E-state index contributed by atoms with van der Waals surface area (Å²) in [5.74, 6) is 0.0359. The fraction of sp³-hybridized carbons (Fsp3) is 0.158. The van der Waals surface area contributed by atoms with Crippen molar-refractivity contribution in [2.24, 2.45) is 7.05 Å². The summed E-state index contributed by atoms with van der Waals surface area (Å²) in [6, 6.07) is 14.5. The third-order valence-corrected chi connectivity index (χ3v) is 4.33. The van der Waals surface area contributed by atoms with Gasteiger partial charge in [-0.1, -0.05) is 36.4 Å². The predicted molar refractivity (Wildman–Crippen MR) is 89.1 cm³/mol. The number of rotatable bonds is 3. The minimum atomic E-state index is 0.0359. The number of hydrogen-bond donors (Lipinski definition) is 1. The van der Waals surface area contributed by atoms with Crippen LogP contribution in [0.1, 0.15) is 27.0 Å². The van der Waals surface area contributed by atoms with E-state index in [4.69, 9.17) is 0 Å². The molecule has 23 heavy (non-hydrogen) atoms. The van der Waals surface area contributed by atoms with Crippen LogP contribution in [-0.2, 0) is 20.0 Å². The van der Waals surface area contributed by atoms with Crippen LogP contribution in [0.4, 0.5) is 0 Å². The number of aromatic nitrogens is 2. The van der Waals surface area contributed by atoms with Crippen molar-refractivity contribution >= 4 is 5.91 Å². The van der Waals surface area contributed by atoms with Crippen molar-refractivity contribution in [3.8, 4) is 11.1 Å². The van der Waals surface area contributed by atoms with Gasteiger partial charge in [0.25, 0.3) is 5.91 Å². The Morgan fingerprint density at radius 3 is 2.70 bits per heavy atom. The molecule has 2 heterocycles. The number of aryl methyl sites for hydroxylation is 1. The Morgan fingerprint density at radius 2 is 1.96 bits per heavy atom. The van der Waals surface area contributed by atoms with E-state index in [0.29, 0.717) is 6.54 Å². The van der Waals surface area contributed by atoms with Crippen molar-refractivity contribution in [3.05, 3.63) is 77.1 Å². The molecule has 4 rings (SSSR count). The van der Waals surface area contributed by atoms with Gasteiger partial charge >= 0.3 is 0 Å². The molecule has 3 aromatic rings. The second-order valence-corrected chi connectivity index (χ2v) is 5.90. The summed E-state index contributed by atoms with van der Waals surface area (Å²) < 4.78 is 1.81. The van der Waals surface area contributed by atoms with Gasteiger partial charge in [0.05, 0.1) is 6.20 Å². The first-order valence-electron chi connectivity index (χ1n) is 7.67. The van der Waals surface area contributed by atoms with E-state index >= 15 is 0 Å².